The predicted octanol–water partition coefficient (Wildman–Crippen LogP) is 2.94. The highest BCUT2D eigenvalue weighted by Gasteiger charge is 2.29. The van der Waals surface area contributed by atoms with E-state index in [-0.39, 0.29) is 17.8 Å². The predicted molar refractivity (Wildman–Crippen MR) is 83.0 cm³/mol. The van der Waals surface area contributed by atoms with Gasteiger partial charge in [0.25, 0.3) is 0 Å². The van der Waals surface area contributed by atoms with Gasteiger partial charge in [0, 0.05) is 0 Å². The molecule has 1 aromatic carbocycles. The number of ether oxygens (including phenoxy) is 2. The molecule has 0 N–H and O–H groups in total. The Morgan fingerprint density at radius 3 is 2.35 bits per heavy atom. The van der Waals surface area contributed by atoms with Crippen molar-refractivity contribution >= 4 is 11.9 Å². The second kappa shape index (κ2) is 5.53. The first-order valence-corrected chi connectivity index (χ1v) is 7.54. The number of aromatic nitrogens is 2. The van der Waals surface area contributed by atoms with Crippen LogP contribution in [0.3, 0.4) is 0 Å². The van der Waals surface area contributed by atoms with E-state index in [1.165, 1.54) is 5.56 Å². The van der Waals surface area contributed by atoms with Crippen molar-refractivity contribution in [2.45, 2.75) is 39.5 Å². The normalized spacial score (nSPS) is 14.0. The molecule has 2 aromatic rings. The molecule has 0 aliphatic carbocycles. The van der Waals surface area contributed by atoms with Crippen LogP contribution in [0.4, 0.5) is 0 Å². The molecule has 0 atom stereocenters. The van der Waals surface area contributed by atoms with Crippen molar-refractivity contribution in [3.63, 3.8) is 0 Å². The van der Waals surface area contributed by atoms with Crippen LogP contribution in [-0.4, -0.2) is 21.5 Å². The third-order valence-corrected chi connectivity index (χ3v) is 3.80. The standard InChI is InChI=1S/C17H18N2O4/c1-9(2)11-5-6-13(12(7-11)10(3)4)19-8-14-18-17(19)23-16(21)15(20)22-14/h5-10H,1-4H3. The van der Waals surface area contributed by atoms with Crippen LogP contribution < -0.4 is 9.47 Å². The molecular weight excluding hydrogens is 296 g/mol. The molecule has 1 aliphatic heterocycles. The number of hydrogen-bond donors (Lipinski definition) is 0. The van der Waals surface area contributed by atoms with Gasteiger partial charge in [0.2, 0.25) is 5.88 Å². The van der Waals surface area contributed by atoms with Crippen LogP contribution in [0, 0.1) is 0 Å². The molecule has 3 rings (SSSR count). The third-order valence-electron chi connectivity index (χ3n) is 3.80. The maximum atomic E-state index is 11.5. The van der Waals surface area contributed by atoms with Crippen molar-refractivity contribution < 1.29 is 19.1 Å². The van der Waals surface area contributed by atoms with Gasteiger partial charge in [-0.3, -0.25) is 4.57 Å². The largest absolute Gasteiger partial charge is 0.425 e. The summed E-state index contributed by atoms with van der Waals surface area (Å²) in [5, 5.41) is 0. The number of hydrogen-bond acceptors (Lipinski definition) is 5. The van der Waals surface area contributed by atoms with Crippen LogP contribution in [0.5, 0.6) is 11.9 Å². The van der Waals surface area contributed by atoms with E-state index < -0.39 is 11.9 Å². The Kier molecular flexibility index (Phi) is 3.67. The Labute approximate surface area is 134 Å². The molecule has 0 saturated heterocycles. The van der Waals surface area contributed by atoms with Gasteiger partial charge in [0.1, 0.15) is 0 Å². The molecule has 2 bridgehead atoms. The third kappa shape index (κ3) is 2.72. The summed E-state index contributed by atoms with van der Waals surface area (Å²) in [6, 6.07) is 6.19. The molecule has 2 heterocycles. The van der Waals surface area contributed by atoms with E-state index in [1.807, 2.05) is 12.1 Å². The molecule has 0 unspecified atom stereocenters. The van der Waals surface area contributed by atoms with Gasteiger partial charge in [0.15, 0.2) is 0 Å². The van der Waals surface area contributed by atoms with E-state index >= 15 is 0 Å². The number of carbonyl (C=O) groups is 2. The number of benzene rings is 1. The molecule has 0 amide bonds. The Bertz CT molecular complexity index is 790. The maximum Gasteiger partial charge on any atom is 0.425 e. The Morgan fingerprint density at radius 1 is 1.00 bits per heavy atom. The Morgan fingerprint density at radius 2 is 1.70 bits per heavy atom. The maximum absolute atomic E-state index is 11.5. The second-order valence-corrected chi connectivity index (χ2v) is 6.14. The molecule has 1 aromatic heterocycles. The van der Waals surface area contributed by atoms with E-state index in [0.29, 0.717) is 5.92 Å². The highest BCUT2D eigenvalue weighted by Crippen LogP contribution is 2.32. The van der Waals surface area contributed by atoms with E-state index in [9.17, 15) is 9.59 Å². The number of carbonyl (C=O) groups excluding carboxylic acids is 2. The van der Waals surface area contributed by atoms with E-state index in [2.05, 4.69) is 38.7 Å². The zero-order chi connectivity index (χ0) is 16.7. The number of rotatable bonds is 3. The van der Waals surface area contributed by atoms with Crippen molar-refractivity contribution in [3.05, 3.63) is 35.5 Å². The quantitative estimate of drug-likeness (QED) is 0.643. The molecule has 0 fully saturated rings. The van der Waals surface area contributed by atoms with Crippen molar-refractivity contribution in [2.24, 2.45) is 0 Å². The molecule has 1 aliphatic rings. The average Bonchev–Trinajstić information content (AvgIpc) is 2.81. The van der Waals surface area contributed by atoms with E-state index in [4.69, 9.17) is 9.47 Å². The number of esters is 2. The van der Waals surface area contributed by atoms with Crippen LogP contribution in [0.25, 0.3) is 5.69 Å². The van der Waals surface area contributed by atoms with Gasteiger partial charge in [-0.25, -0.2) is 9.59 Å². The molecule has 120 valence electrons. The number of fused-ring (bicyclic) bond motifs is 2. The monoisotopic (exact) mass is 314 g/mol. The number of imidazole rings is 1. The molecule has 0 saturated carbocycles. The molecule has 0 radical (unpaired) electrons. The van der Waals surface area contributed by atoms with Crippen LogP contribution in [-0.2, 0) is 9.59 Å². The van der Waals surface area contributed by atoms with Gasteiger partial charge < -0.3 is 9.47 Å². The summed E-state index contributed by atoms with van der Waals surface area (Å²) in [4.78, 5) is 26.8. The first-order chi connectivity index (χ1) is 10.9. The molecular formula is C17H18N2O4. The highest BCUT2D eigenvalue weighted by molar-refractivity contribution is 6.31. The first kappa shape index (κ1) is 15.3. The summed E-state index contributed by atoms with van der Waals surface area (Å²) in [6.07, 6.45) is 1.55. The van der Waals surface area contributed by atoms with Gasteiger partial charge in [-0.2, -0.15) is 4.98 Å². The summed E-state index contributed by atoms with van der Waals surface area (Å²) in [5.41, 5.74) is 3.18. The van der Waals surface area contributed by atoms with Crippen molar-refractivity contribution in [2.75, 3.05) is 0 Å². The smallest absolute Gasteiger partial charge is 0.397 e. The second-order valence-electron chi connectivity index (χ2n) is 6.14. The Balaban J connectivity index is 2.13. The fraction of sp³-hybridized carbons (Fsp3) is 0.353. The van der Waals surface area contributed by atoms with Crippen molar-refractivity contribution in [1.82, 2.24) is 9.55 Å². The molecule has 23 heavy (non-hydrogen) atoms. The van der Waals surface area contributed by atoms with Crippen LogP contribution in [0.2, 0.25) is 0 Å². The lowest BCUT2D eigenvalue weighted by atomic mass is 9.94. The SMILES string of the molecule is CC(C)c1ccc(-n2cc3nc2OC(=O)C(=O)O3)c(C(C)C)c1. The van der Waals surface area contributed by atoms with Crippen LogP contribution in [0.15, 0.2) is 24.4 Å². The Hall–Kier alpha value is -2.63. The van der Waals surface area contributed by atoms with Gasteiger partial charge in [-0.15, -0.1) is 0 Å². The lowest BCUT2D eigenvalue weighted by Gasteiger charge is -2.18. The lowest BCUT2D eigenvalue weighted by molar-refractivity contribution is -0.156. The minimum atomic E-state index is -1.07. The number of nitrogens with zero attached hydrogens (tertiary/aromatic N) is 2. The average molecular weight is 314 g/mol. The minimum Gasteiger partial charge on any atom is -0.397 e. The lowest BCUT2D eigenvalue weighted by Crippen LogP contribution is -2.25. The summed E-state index contributed by atoms with van der Waals surface area (Å²) in [6.45, 7) is 8.47. The first-order valence-electron chi connectivity index (χ1n) is 7.54. The summed E-state index contributed by atoms with van der Waals surface area (Å²) in [7, 11) is 0. The molecule has 6 heteroatoms. The zero-order valence-corrected chi connectivity index (χ0v) is 13.5. The van der Waals surface area contributed by atoms with Crippen LogP contribution >= 0.6 is 0 Å². The zero-order valence-electron chi connectivity index (χ0n) is 13.5. The summed E-state index contributed by atoms with van der Waals surface area (Å²) >= 11 is 0. The summed E-state index contributed by atoms with van der Waals surface area (Å²) in [5.74, 6) is -1.39. The van der Waals surface area contributed by atoms with E-state index in [1.54, 1.807) is 10.8 Å². The minimum absolute atomic E-state index is 0.0371. The van der Waals surface area contributed by atoms with Gasteiger partial charge in [-0.05, 0) is 29.0 Å². The molecule has 0 spiro atoms. The van der Waals surface area contributed by atoms with Gasteiger partial charge in [0.05, 0.1) is 11.9 Å². The highest BCUT2D eigenvalue weighted by atomic mass is 16.6. The van der Waals surface area contributed by atoms with Gasteiger partial charge in [-0.1, -0.05) is 39.8 Å². The van der Waals surface area contributed by atoms with E-state index in [0.717, 1.165) is 11.3 Å². The fourth-order valence-electron chi connectivity index (χ4n) is 2.51. The summed E-state index contributed by atoms with van der Waals surface area (Å²) < 4.78 is 11.5. The van der Waals surface area contributed by atoms with Crippen molar-refractivity contribution in [1.29, 1.82) is 0 Å². The van der Waals surface area contributed by atoms with Gasteiger partial charge >= 0.3 is 17.9 Å². The van der Waals surface area contributed by atoms with Crippen molar-refractivity contribution in [3.8, 4) is 17.6 Å². The topological polar surface area (TPSA) is 70.4 Å². The molecule has 6 nitrogen and oxygen atoms in total. The van der Waals surface area contributed by atoms with Crippen LogP contribution in [0.1, 0.15) is 50.7 Å². The fourth-order valence-corrected chi connectivity index (χ4v) is 2.51.